The molecule has 3 N–H and O–H groups in total. The van der Waals surface area contributed by atoms with Gasteiger partial charge in [0.1, 0.15) is 18.3 Å². The lowest BCUT2D eigenvalue weighted by atomic mass is 10.0. The largest absolute Gasteiger partial charge is 0.384 e. The first-order valence-corrected chi connectivity index (χ1v) is 11.5. The number of rotatable bonds is 6. The number of aromatic nitrogens is 5. The summed E-state index contributed by atoms with van der Waals surface area (Å²) in [6, 6.07) is 7.74. The number of aryl methyl sites for hydroxylation is 1. The summed E-state index contributed by atoms with van der Waals surface area (Å²) in [5.41, 5.74) is 3.96. The van der Waals surface area contributed by atoms with Gasteiger partial charge in [0.15, 0.2) is 5.84 Å². The summed E-state index contributed by atoms with van der Waals surface area (Å²) in [4.78, 5) is 20.7. The Kier molecular flexibility index (Phi) is 6.54. The predicted molar refractivity (Wildman–Crippen MR) is 135 cm³/mol. The Hall–Kier alpha value is -4.38. The first-order chi connectivity index (χ1) is 17.5. The minimum absolute atomic E-state index is 0.351. The molecule has 0 amide bonds. The molecule has 0 aliphatic carbocycles. The van der Waals surface area contributed by atoms with Crippen molar-refractivity contribution < 1.29 is 9.50 Å². The van der Waals surface area contributed by atoms with Crippen LogP contribution in [0.25, 0.3) is 11.1 Å². The van der Waals surface area contributed by atoms with E-state index in [0.717, 1.165) is 23.2 Å². The molecule has 36 heavy (non-hydrogen) atoms. The van der Waals surface area contributed by atoms with Crippen LogP contribution in [0, 0.1) is 11.2 Å². The van der Waals surface area contributed by atoms with Crippen LogP contribution in [-0.4, -0.2) is 73.1 Å². The van der Waals surface area contributed by atoms with Crippen LogP contribution in [0.5, 0.6) is 0 Å². The molecule has 11 heteroatoms. The molecule has 1 aromatic carbocycles. The maximum absolute atomic E-state index is 13.2. The van der Waals surface area contributed by atoms with Gasteiger partial charge in [-0.15, -0.1) is 0 Å². The first-order valence-electron chi connectivity index (χ1n) is 11.5. The number of hydrogen-bond donors (Lipinski definition) is 3. The van der Waals surface area contributed by atoms with E-state index < -0.39 is 6.10 Å². The van der Waals surface area contributed by atoms with Crippen molar-refractivity contribution in [3.05, 3.63) is 84.0 Å². The Morgan fingerprint density at radius 3 is 2.44 bits per heavy atom. The fourth-order valence-electron chi connectivity index (χ4n) is 4.23. The number of H-pyrrole nitrogens is 1. The second kappa shape index (κ2) is 10.1. The Balaban J connectivity index is 1.24. The van der Waals surface area contributed by atoms with E-state index in [1.54, 1.807) is 29.2 Å². The van der Waals surface area contributed by atoms with Crippen molar-refractivity contribution in [2.45, 2.75) is 6.10 Å². The highest BCUT2D eigenvalue weighted by Crippen LogP contribution is 2.23. The number of nitrogens with one attached hydrogen (secondary N) is 2. The minimum atomic E-state index is -0.922. The van der Waals surface area contributed by atoms with E-state index in [9.17, 15) is 9.50 Å². The molecule has 184 valence electrons. The summed E-state index contributed by atoms with van der Waals surface area (Å²) < 4.78 is 14.9. The van der Waals surface area contributed by atoms with Crippen molar-refractivity contribution in [3.8, 4) is 11.1 Å². The molecule has 0 bridgehead atoms. The van der Waals surface area contributed by atoms with Crippen LogP contribution < -0.4 is 4.90 Å². The molecule has 0 spiro atoms. The van der Waals surface area contributed by atoms with Gasteiger partial charge >= 0.3 is 0 Å². The van der Waals surface area contributed by atoms with Crippen molar-refractivity contribution in [1.29, 1.82) is 5.41 Å². The Bertz CT molecular complexity index is 1350. The van der Waals surface area contributed by atoms with Crippen LogP contribution in [-0.2, 0) is 7.05 Å². The van der Waals surface area contributed by atoms with Crippen molar-refractivity contribution in [2.75, 3.05) is 31.1 Å². The van der Waals surface area contributed by atoms with Gasteiger partial charge in [0.25, 0.3) is 0 Å². The number of amidine groups is 1. The summed E-state index contributed by atoms with van der Waals surface area (Å²) in [5.74, 6) is 0.933. The van der Waals surface area contributed by atoms with Crippen LogP contribution in [0.3, 0.4) is 0 Å². The summed E-state index contributed by atoms with van der Waals surface area (Å²) in [5, 5.41) is 22.3. The number of aliphatic hydroxyl groups excluding tert-OH is 1. The standard InChI is InChI=1S/C25H26FN9O/c1-33-15-20(14-32-33)18-10-22(28-11-18)24(31-16-27)34-6-8-35(9-7-34)25-29-12-19(13-30-25)23(36)17-2-4-21(26)5-3-17/h2-5,10-16,23,27-28,36H,6-9H2,1H3/t23-/m1/s1. The zero-order valence-corrected chi connectivity index (χ0v) is 19.7. The molecule has 1 fully saturated rings. The molecule has 1 aliphatic rings. The minimum Gasteiger partial charge on any atom is -0.384 e. The van der Waals surface area contributed by atoms with Crippen LogP contribution in [0.4, 0.5) is 10.3 Å². The van der Waals surface area contributed by atoms with E-state index >= 15 is 0 Å². The highest BCUT2D eigenvalue weighted by molar-refractivity contribution is 6.01. The number of halogens is 1. The molecule has 0 saturated carbocycles. The van der Waals surface area contributed by atoms with Crippen LogP contribution in [0.2, 0.25) is 0 Å². The Morgan fingerprint density at radius 2 is 1.81 bits per heavy atom. The van der Waals surface area contributed by atoms with E-state index in [1.807, 2.05) is 31.7 Å². The molecule has 0 unspecified atom stereocenters. The molecule has 3 aromatic heterocycles. The Morgan fingerprint density at radius 1 is 1.08 bits per heavy atom. The van der Waals surface area contributed by atoms with Gasteiger partial charge in [-0.3, -0.25) is 10.1 Å². The number of piperazine rings is 1. The van der Waals surface area contributed by atoms with Gasteiger partial charge < -0.3 is 19.9 Å². The molecule has 1 atom stereocenters. The zero-order chi connectivity index (χ0) is 25.1. The average Bonchev–Trinajstić information content (AvgIpc) is 3.57. The number of hydrogen-bond acceptors (Lipinski definition) is 6. The highest BCUT2D eigenvalue weighted by atomic mass is 19.1. The second-order valence-corrected chi connectivity index (χ2v) is 8.53. The second-order valence-electron chi connectivity index (χ2n) is 8.53. The fraction of sp³-hybridized carbons (Fsp3) is 0.240. The monoisotopic (exact) mass is 487 g/mol. The number of nitrogens with zero attached hydrogens (tertiary/aromatic N) is 7. The van der Waals surface area contributed by atoms with Gasteiger partial charge in [-0.25, -0.2) is 19.4 Å². The molecule has 0 radical (unpaired) electrons. The van der Waals surface area contributed by atoms with Crippen molar-refractivity contribution in [3.63, 3.8) is 0 Å². The zero-order valence-electron chi connectivity index (χ0n) is 19.7. The van der Waals surface area contributed by atoms with Crippen LogP contribution >= 0.6 is 0 Å². The molecular formula is C25H26FN9O. The number of aromatic amines is 1. The third kappa shape index (κ3) is 4.86. The SMILES string of the molecule is Cn1cc(-c2c[nH]c(C(=NC=N)N3CCN(c4ncc([C@H](O)c5ccc(F)cc5)cn4)CC3)c2)cn1. The molecule has 4 heterocycles. The lowest BCUT2D eigenvalue weighted by Crippen LogP contribution is -2.49. The maximum atomic E-state index is 13.2. The molecule has 4 aromatic rings. The number of benzene rings is 1. The van der Waals surface area contributed by atoms with Gasteiger partial charge in [-0.1, -0.05) is 12.1 Å². The number of aliphatic hydroxyl groups is 1. The van der Waals surface area contributed by atoms with Crippen molar-refractivity contribution in [1.82, 2.24) is 29.6 Å². The summed E-state index contributed by atoms with van der Waals surface area (Å²) in [6.07, 6.45) is 9.01. The topological polar surface area (TPSA) is 122 Å². The smallest absolute Gasteiger partial charge is 0.225 e. The summed E-state index contributed by atoms with van der Waals surface area (Å²) in [7, 11) is 1.88. The van der Waals surface area contributed by atoms with Crippen LogP contribution in [0.15, 0.2) is 66.3 Å². The van der Waals surface area contributed by atoms with Crippen molar-refractivity contribution >= 4 is 18.1 Å². The lowest BCUT2D eigenvalue weighted by molar-refractivity contribution is 0.219. The van der Waals surface area contributed by atoms with Gasteiger partial charge in [0.2, 0.25) is 5.95 Å². The fourth-order valence-corrected chi connectivity index (χ4v) is 4.23. The third-order valence-corrected chi connectivity index (χ3v) is 6.17. The Labute approximate surface area is 207 Å². The van der Waals surface area contributed by atoms with E-state index in [0.29, 0.717) is 49.1 Å². The molecule has 10 nitrogen and oxygen atoms in total. The van der Waals surface area contributed by atoms with Crippen molar-refractivity contribution in [2.24, 2.45) is 12.0 Å². The highest BCUT2D eigenvalue weighted by Gasteiger charge is 2.24. The normalized spacial score (nSPS) is 15.2. The van der Waals surface area contributed by atoms with Gasteiger partial charge in [-0.2, -0.15) is 5.10 Å². The lowest BCUT2D eigenvalue weighted by Gasteiger charge is -2.36. The van der Waals surface area contributed by atoms with Gasteiger partial charge in [0, 0.05) is 74.7 Å². The average molecular weight is 488 g/mol. The summed E-state index contributed by atoms with van der Waals surface area (Å²) in [6.45, 7) is 2.70. The first kappa shape index (κ1) is 23.4. The van der Waals surface area contributed by atoms with Gasteiger partial charge in [-0.05, 0) is 23.8 Å². The van der Waals surface area contributed by atoms with E-state index in [-0.39, 0.29) is 5.82 Å². The third-order valence-electron chi connectivity index (χ3n) is 6.17. The van der Waals surface area contributed by atoms with E-state index in [4.69, 9.17) is 5.41 Å². The van der Waals surface area contributed by atoms with Gasteiger partial charge in [0.05, 0.1) is 11.9 Å². The van der Waals surface area contributed by atoms with Crippen LogP contribution in [0.1, 0.15) is 22.9 Å². The molecule has 1 aliphatic heterocycles. The molecular weight excluding hydrogens is 461 g/mol. The predicted octanol–water partition coefficient (Wildman–Crippen LogP) is 2.60. The quantitative estimate of drug-likeness (QED) is 0.284. The summed E-state index contributed by atoms with van der Waals surface area (Å²) >= 11 is 0. The maximum Gasteiger partial charge on any atom is 0.225 e. The number of aliphatic imine (C=N–C) groups is 1. The van der Waals surface area contributed by atoms with E-state index in [1.165, 1.54) is 12.1 Å². The number of anilines is 1. The molecule has 1 saturated heterocycles. The molecule has 5 rings (SSSR count). The van der Waals surface area contributed by atoms with E-state index in [2.05, 4.69) is 34.8 Å².